The summed E-state index contributed by atoms with van der Waals surface area (Å²) in [7, 11) is 0. The zero-order valence-corrected chi connectivity index (χ0v) is 14.2. The zero-order valence-electron chi connectivity index (χ0n) is 14.2. The van der Waals surface area contributed by atoms with Crippen molar-refractivity contribution in [2.45, 2.75) is 40.2 Å². The summed E-state index contributed by atoms with van der Waals surface area (Å²) >= 11 is 0. The number of hydrogen-bond donors (Lipinski definition) is 0. The van der Waals surface area contributed by atoms with Crippen LogP contribution in [-0.2, 0) is 16.0 Å². The Labute approximate surface area is 137 Å². The van der Waals surface area contributed by atoms with Gasteiger partial charge in [0.15, 0.2) is 11.7 Å². The van der Waals surface area contributed by atoms with Gasteiger partial charge in [-0.15, -0.1) is 0 Å². The van der Waals surface area contributed by atoms with Crippen LogP contribution in [0.1, 0.15) is 33.3 Å². The van der Waals surface area contributed by atoms with Gasteiger partial charge in [-0.2, -0.15) is 5.26 Å². The first-order valence-electron chi connectivity index (χ1n) is 7.89. The second-order valence-electron chi connectivity index (χ2n) is 5.53. The van der Waals surface area contributed by atoms with E-state index in [4.69, 9.17) is 4.74 Å². The molecule has 0 bridgehead atoms. The van der Waals surface area contributed by atoms with Gasteiger partial charge in [0, 0.05) is 19.5 Å². The largest absolute Gasteiger partial charge is 0.491 e. The van der Waals surface area contributed by atoms with Crippen molar-refractivity contribution < 1.29 is 14.3 Å². The van der Waals surface area contributed by atoms with Crippen LogP contribution in [0.3, 0.4) is 0 Å². The van der Waals surface area contributed by atoms with Gasteiger partial charge in [-0.1, -0.05) is 12.1 Å². The summed E-state index contributed by atoms with van der Waals surface area (Å²) in [6.45, 7) is 8.47. The van der Waals surface area contributed by atoms with Crippen LogP contribution >= 0.6 is 0 Å². The fourth-order valence-corrected chi connectivity index (χ4v) is 2.29. The molecule has 5 heteroatoms. The molecule has 1 rings (SSSR count). The predicted molar refractivity (Wildman–Crippen MR) is 87.9 cm³/mol. The van der Waals surface area contributed by atoms with Gasteiger partial charge in [-0.3, -0.25) is 9.59 Å². The number of Topliss-reactive ketones (excluding diaryl/α,β-unsaturated/α-hetero) is 1. The summed E-state index contributed by atoms with van der Waals surface area (Å²) in [5.41, 5.74) is 0.737. The summed E-state index contributed by atoms with van der Waals surface area (Å²) in [6, 6.07) is 9.03. The topological polar surface area (TPSA) is 70.4 Å². The maximum absolute atomic E-state index is 12.3. The van der Waals surface area contributed by atoms with Gasteiger partial charge >= 0.3 is 0 Å². The SMILES string of the molecule is CCN(CC)C(=O)C(C#N)C(=O)Cc1cccc(OC(C)C)c1. The highest BCUT2D eigenvalue weighted by atomic mass is 16.5. The number of rotatable bonds is 8. The molecule has 0 aliphatic carbocycles. The van der Waals surface area contributed by atoms with Crippen LogP contribution in [0.25, 0.3) is 0 Å². The van der Waals surface area contributed by atoms with E-state index in [0.29, 0.717) is 18.8 Å². The second-order valence-corrected chi connectivity index (χ2v) is 5.53. The lowest BCUT2D eigenvalue weighted by atomic mass is 9.97. The molecule has 1 amide bonds. The second kappa shape index (κ2) is 8.94. The number of benzene rings is 1. The number of nitrogens with zero attached hydrogens (tertiary/aromatic N) is 2. The molecule has 5 nitrogen and oxygen atoms in total. The molecule has 0 spiro atoms. The fraction of sp³-hybridized carbons (Fsp3) is 0.500. The third-order valence-electron chi connectivity index (χ3n) is 3.42. The molecule has 1 aromatic rings. The first-order chi connectivity index (χ1) is 10.9. The molecule has 124 valence electrons. The number of hydrogen-bond acceptors (Lipinski definition) is 4. The molecule has 1 aromatic carbocycles. The maximum atomic E-state index is 12.3. The summed E-state index contributed by atoms with van der Waals surface area (Å²) in [4.78, 5) is 26.1. The molecule has 23 heavy (non-hydrogen) atoms. The maximum Gasteiger partial charge on any atom is 0.247 e. The Morgan fingerprint density at radius 2 is 1.91 bits per heavy atom. The number of carbonyl (C=O) groups excluding carboxylic acids is 2. The lowest BCUT2D eigenvalue weighted by Crippen LogP contribution is -2.39. The molecule has 0 N–H and O–H groups in total. The number of ketones is 1. The molecule has 0 aromatic heterocycles. The Morgan fingerprint density at radius 1 is 1.26 bits per heavy atom. The molecule has 0 aliphatic heterocycles. The number of ether oxygens (including phenoxy) is 1. The first-order valence-corrected chi connectivity index (χ1v) is 7.89. The number of nitriles is 1. The highest BCUT2D eigenvalue weighted by Gasteiger charge is 2.29. The van der Waals surface area contributed by atoms with Gasteiger partial charge < -0.3 is 9.64 Å². The number of amides is 1. The van der Waals surface area contributed by atoms with Crippen molar-refractivity contribution in [2.75, 3.05) is 13.1 Å². The average molecular weight is 316 g/mol. The molecular weight excluding hydrogens is 292 g/mol. The Morgan fingerprint density at radius 3 is 2.43 bits per heavy atom. The van der Waals surface area contributed by atoms with Crippen LogP contribution in [0.2, 0.25) is 0 Å². The summed E-state index contributed by atoms with van der Waals surface area (Å²) in [5, 5.41) is 9.22. The van der Waals surface area contributed by atoms with E-state index < -0.39 is 11.8 Å². The summed E-state index contributed by atoms with van der Waals surface area (Å²) < 4.78 is 5.59. The van der Waals surface area contributed by atoms with Crippen LogP contribution in [0.15, 0.2) is 24.3 Å². The smallest absolute Gasteiger partial charge is 0.247 e. The van der Waals surface area contributed by atoms with Crippen LogP contribution < -0.4 is 4.74 Å². The fourth-order valence-electron chi connectivity index (χ4n) is 2.29. The van der Waals surface area contributed by atoms with Crippen LogP contribution in [0.4, 0.5) is 0 Å². The van der Waals surface area contributed by atoms with Crippen molar-refractivity contribution in [2.24, 2.45) is 5.92 Å². The van der Waals surface area contributed by atoms with E-state index in [1.807, 2.05) is 39.8 Å². The Kier molecular flexibility index (Phi) is 7.27. The van der Waals surface area contributed by atoms with Crippen molar-refractivity contribution in [3.05, 3.63) is 29.8 Å². The van der Waals surface area contributed by atoms with E-state index in [-0.39, 0.29) is 18.3 Å². The standard InChI is InChI=1S/C18H24N2O3/c1-5-20(6-2)18(22)16(12-19)17(21)11-14-8-7-9-15(10-14)23-13(3)4/h7-10,13,16H,5-6,11H2,1-4H3. The monoisotopic (exact) mass is 316 g/mol. The van der Waals surface area contributed by atoms with Crippen molar-refractivity contribution in [3.63, 3.8) is 0 Å². The van der Waals surface area contributed by atoms with E-state index in [1.54, 1.807) is 18.2 Å². The average Bonchev–Trinajstić information content (AvgIpc) is 2.48. The highest BCUT2D eigenvalue weighted by Crippen LogP contribution is 2.17. The van der Waals surface area contributed by atoms with E-state index in [0.717, 1.165) is 5.56 Å². The van der Waals surface area contributed by atoms with Crippen molar-refractivity contribution in [1.82, 2.24) is 4.90 Å². The highest BCUT2D eigenvalue weighted by molar-refractivity contribution is 6.04. The molecule has 1 atom stereocenters. The minimum absolute atomic E-state index is 0.0389. The van der Waals surface area contributed by atoms with Crippen LogP contribution in [0.5, 0.6) is 5.75 Å². The lowest BCUT2D eigenvalue weighted by Gasteiger charge is -2.20. The van der Waals surface area contributed by atoms with Crippen molar-refractivity contribution in [1.29, 1.82) is 5.26 Å². The molecular formula is C18H24N2O3. The minimum atomic E-state index is -1.25. The Bertz CT molecular complexity index is 586. The van der Waals surface area contributed by atoms with E-state index >= 15 is 0 Å². The van der Waals surface area contributed by atoms with Crippen LogP contribution in [-0.4, -0.2) is 35.8 Å². The molecule has 0 heterocycles. The number of carbonyl (C=O) groups is 2. The quantitative estimate of drug-likeness (QED) is 0.691. The van der Waals surface area contributed by atoms with Crippen LogP contribution in [0, 0.1) is 17.2 Å². The molecule has 0 fully saturated rings. The Balaban J connectivity index is 2.85. The van der Waals surface area contributed by atoms with Gasteiger partial charge in [0.1, 0.15) is 5.75 Å². The van der Waals surface area contributed by atoms with E-state index in [9.17, 15) is 14.9 Å². The Hall–Kier alpha value is -2.35. The van der Waals surface area contributed by atoms with Crippen molar-refractivity contribution >= 4 is 11.7 Å². The summed E-state index contributed by atoms with van der Waals surface area (Å²) in [6.07, 6.45) is 0.0811. The van der Waals surface area contributed by atoms with Gasteiger partial charge in [0.05, 0.1) is 12.2 Å². The molecule has 1 unspecified atom stereocenters. The van der Waals surface area contributed by atoms with Gasteiger partial charge in [0.25, 0.3) is 0 Å². The molecule has 0 radical (unpaired) electrons. The van der Waals surface area contributed by atoms with E-state index in [1.165, 1.54) is 4.90 Å². The predicted octanol–water partition coefficient (Wildman–Crippen LogP) is 2.59. The molecule has 0 saturated carbocycles. The molecule has 0 aliphatic rings. The minimum Gasteiger partial charge on any atom is -0.491 e. The van der Waals surface area contributed by atoms with Gasteiger partial charge in [-0.25, -0.2) is 0 Å². The van der Waals surface area contributed by atoms with E-state index in [2.05, 4.69) is 0 Å². The first kappa shape index (κ1) is 18.7. The normalized spacial score (nSPS) is 11.7. The lowest BCUT2D eigenvalue weighted by molar-refractivity contribution is -0.138. The van der Waals surface area contributed by atoms with Gasteiger partial charge in [-0.05, 0) is 45.4 Å². The third-order valence-corrected chi connectivity index (χ3v) is 3.42. The summed E-state index contributed by atoms with van der Waals surface area (Å²) in [5.74, 6) is -1.37. The zero-order chi connectivity index (χ0) is 17.4. The molecule has 0 saturated heterocycles. The van der Waals surface area contributed by atoms with Gasteiger partial charge in [0.2, 0.25) is 5.91 Å². The van der Waals surface area contributed by atoms with Crippen molar-refractivity contribution in [3.8, 4) is 11.8 Å². The third kappa shape index (κ3) is 5.41.